The summed E-state index contributed by atoms with van der Waals surface area (Å²) in [6.07, 6.45) is 0.545. The lowest BCUT2D eigenvalue weighted by atomic mass is 9.93. The lowest BCUT2D eigenvalue weighted by molar-refractivity contribution is -0.0412. The highest BCUT2D eigenvalue weighted by molar-refractivity contribution is 5.92. The number of hydrogen-bond acceptors (Lipinski definition) is 3. The molecule has 11 heteroatoms. The Bertz CT molecular complexity index is 489. The SMILES string of the molecule is NC(=NNC1CCC(F)(F)CC1)N=C(N)NNC1CCC(F)(F)CC1. The first-order chi connectivity index (χ1) is 11.7. The third-order valence-electron chi connectivity index (χ3n) is 4.44. The van der Waals surface area contributed by atoms with Crippen LogP contribution in [0.15, 0.2) is 10.1 Å². The average Bonchev–Trinajstić information content (AvgIpc) is 2.53. The van der Waals surface area contributed by atoms with Crippen molar-refractivity contribution >= 4 is 11.9 Å². The minimum atomic E-state index is -2.60. The van der Waals surface area contributed by atoms with Crippen LogP contribution in [-0.4, -0.2) is 35.8 Å². The van der Waals surface area contributed by atoms with Crippen LogP contribution < -0.4 is 27.7 Å². The maximum atomic E-state index is 13.1. The highest BCUT2D eigenvalue weighted by atomic mass is 19.3. The van der Waals surface area contributed by atoms with Gasteiger partial charge in [0.1, 0.15) is 0 Å². The van der Waals surface area contributed by atoms with E-state index in [2.05, 4.69) is 26.4 Å². The van der Waals surface area contributed by atoms with Crippen molar-refractivity contribution in [1.29, 1.82) is 0 Å². The Labute approximate surface area is 143 Å². The van der Waals surface area contributed by atoms with E-state index in [-0.39, 0.29) is 49.7 Å². The summed E-state index contributed by atoms with van der Waals surface area (Å²) in [5.74, 6) is -5.41. The first kappa shape index (κ1) is 19.5. The minimum absolute atomic E-state index is 0.0597. The van der Waals surface area contributed by atoms with Crippen LogP contribution in [0.1, 0.15) is 51.4 Å². The predicted molar refractivity (Wildman–Crippen MR) is 87.1 cm³/mol. The Balaban J connectivity index is 1.70. The van der Waals surface area contributed by atoms with Crippen LogP contribution in [0.25, 0.3) is 0 Å². The second-order valence-electron chi connectivity index (χ2n) is 6.63. The number of guanidine groups is 2. The Morgan fingerprint density at radius 2 is 1.32 bits per heavy atom. The molecule has 2 aliphatic carbocycles. The maximum absolute atomic E-state index is 13.1. The van der Waals surface area contributed by atoms with Gasteiger partial charge >= 0.3 is 0 Å². The molecule has 25 heavy (non-hydrogen) atoms. The van der Waals surface area contributed by atoms with Gasteiger partial charge in [0.15, 0.2) is 0 Å². The van der Waals surface area contributed by atoms with Crippen LogP contribution in [0.2, 0.25) is 0 Å². The number of nitrogens with zero attached hydrogens (tertiary/aromatic N) is 2. The van der Waals surface area contributed by atoms with Crippen molar-refractivity contribution in [3.05, 3.63) is 0 Å². The topological polar surface area (TPSA) is 113 Å². The van der Waals surface area contributed by atoms with Crippen LogP contribution in [-0.2, 0) is 0 Å². The number of nitrogens with one attached hydrogen (secondary N) is 3. The van der Waals surface area contributed by atoms with E-state index in [1.165, 1.54) is 0 Å². The van der Waals surface area contributed by atoms with E-state index in [9.17, 15) is 17.6 Å². The molecule has 0 aromatic heterocycles. The third-order valence-corrected chi connectivity index (χ3v) is 4.44. The molecule has 0 aliphatic heterocycles. The monoisotopic (exact) mass is 367 g/mol. The number of hydrogen-bond donors (Lipinski definition) is 5. The number of halogens is 4. The molecule has 7 nitrogen and oxygen atoms in total. The van der Waals surface area contributed by atoms with Crippen LogP contribution >= 0.6 is 0 Å². The maximum Gasteiger partial charge on any atom is 0.248 e. The predicted octanol–water partition coefficient (Wildman–Crippen LogP) is 1.37. The molecule has 144 valence electrons. The van der Waals surface area contributed by atoms with Gasteiger partial charge in [-0.05, 0) is 25.7 Å². The smallest absolute Gasteiger partial charge is 0.248 e. The van der Waals surface area contributed by atoms with Gasteiger partial charge in [-0.25, -0.2) is 23.0 Å². The van der Waals surface area contributed by atoms with E-state index in [4.69, 9.17) is 11.5 Å². The van der Waals surface area contributed by atoms with E-state index in [1.807, 2.05) is 0 Å². The molecule has 2 aliphatic rings. The molecule has 0 atom stereocenters. The lowest BCUT2D eigenvalue weighted by Gasteiger charge is -2.29. The van der Waals surface area contributed by atoms with E-state index in [0.29, 0.717) is 25.7 Å². The van der Waals surface area contributed by atoms with Crippen molar-refractivity contribution in [2.45, 2.75) is 75.3 Å². The fraction of sp³-hybridized carbons (Fsp3) is 0.857. The summed E-state index contributed by atoms with van der Waals surface area (Å²) in [4.78, 5) is 3.79. The Kier molecular flexibility index (Phi) is 6.31. The lowest BCUT2D eigenvalue weighted by Crippen LogP contribution is -2.50. The van der Waals surface area contributed by atoms with Crippen LogP contribution in [0.4, 0.5) is 17.6 Å². The highest BCUT2D eigenvalue weighted by Crippen LogP contribution is 2.33. The molecule has 0 spiro atoms. The summed E-state index contributed by atoms with van der Waals surface area (Å²) in [6, 6.07) is -0.307. The molecule has 0 saturated heterocycles. The van der Waals surface area contributed by atoms with Crippen molar-refractivity contribution in [2.24, 2.45) is 21.6 Å². The number of alkyl halides is 4. The van der Waals surface area contributed by atoms with Gasteiger partial charge in [0.2, 0.25) is 23.8 Å². The number of aliphatic imine (C=N–C) groups is 1. The van der Waals surface area contributed by atoms with Crippen molar-refractivity contribution in [2.75, 3.05) is 0 Å². The molecule has 0 aromatic rings. The molecule has 2 saturated carbocycles. The first-order valence-electron chi connectivity index (χ1n) is 8.35. The largest absolute Gasteiger partial charge is 0.368 e. The van der Waals surface area contributed by atoms with Gasteiger partial charge in [0, 0.05) is 37.8 Å². The number of hydrazine groups is 1. The summed E-state index contributed by atoms with van der Waals surface area (Å²) in [5, 5.41) is 3.81. The summed E-state index contributed by atoms with van der Waals surface area (Å²) in [7, 11) is 0. The normalized spacial score (nSPS) is 25.6. The minimum Gasteiger partial charge on any atom is -0.368 e. The van der Waals surface area contributed by atoms with Crippen molar-refractivity contribution in [3.8, 4) is 0 Å². The molecule has 0 radical (unpaired) electrons. The van der Waals surface area contributed by atoms with Gasteiger partial charge < -0.3 is 16.9 Å². The second kappa shape index (κ2) is 8.07. The summed E-state index contributed by atoms with van der Waals surface area (Å²) >= 11 is 0. The number of nitrogens with two attached hydrogens (primary N) is 2. The Morgan fingerprint density at radius 3 is 1.84 bits per heavy atom. The molecular formula is C14H25F4N7. The highest BCUT2D eigenvalue weighted by Gasteiger charge is 2.35. The average molecular weight is 367 g/mol. The van der Waals surface area contributed by atoms with Gasteiger partial charge in [-0.2, -0.15) is 4.99 Å². The van der Waals surface area contributed by atoms with Crippen LogP contribution in [0.5, 0.6) is 0 Å². The van der Waals surface area contributed by atoms with Gasteiger partial charge in [-0.1, -0.05) is 0 Å². The standard InChI is InChI=1S/C14H25F4N7/c15-13(16)5-1-9(2-6-13)22-24-11(19)21-12(20)25-23-10-3-7-14(17,18)8-4-10/h9-10,22-23H,1-8H2,(H5,19,20,21,24,25). The second-order valence-corrected chi connectivity index (χ2v) is 6.63. The van der Waals surface area contributed by atoms with Crippen LogP contribution in [0.3, 0.4) is 0 Å². The Morgan fingerprint density at radius 1 is 0.840 bits per heavy atom. The van der Waals surface area contributed by atoms with Crippen molar-refractivity contribution in [3.63, 3.8) is 0 Å². The van der Waals surface area contributed by atoms with Gasteiger partial charge in [0.05, 0.1) is 0 Å². The molecule has 0 unspecified atom stereocenters. The van der Waals surface area contributed by atoms with E-state index in [1.54, 1.807) is 0 Å². The summed E-state index contributed by atoms with van der Waals surface area (Å²) < 4.78 is 52.2. The molecule has 0 aromatic carbocycles. The van der Waals surface area contributed by atoms with Gasteiger partial charge in [-0.15, -0.1) is 5.10 Å². The zero-order valence-corrected chi connectivity index (χ0v) is 13.9. The first-order valence-corrected chi connectivity index (χ1v) is 8.35. The number of hydrazone groups is 1. The fourth-order valence-corrected chi connectivity index (χ4v) is 2.86. The quantitative estimate of drug-likeness (QED) is 0.223. The van der Waals surface area contributed by atoms with E-state index in [0.717, 1.165) is 0 Å². The molecular weight excluding hydrogens is 342 g/mol. The zero-order valence-electron chi connectivity index (χ0n) is 13.9. The summed E-state index contributed by atoms with van der Waals surface area (Å²) in [5.41, 5.74) is 19.4. The Hall–Kier alpha value is -1.78. The molecule has 0 heterocycles. The number of rotatable bonds is 4. The summed E-state index contributed by atoms with van der Waals surface area (Å²) in [6.45, 7) is 0. The van der Waals surface area contributed by atoms with Gasteiger partial charge in [-0.3, -0.25) is 5.43 Å². The van der Waals surface area contributed by atoms with Crippen LogP contribution in [0, 0.1) is 0 Å². The fourth-order valence-electron chi connectivity index (χ4n) is 2.86. The zero-order chi connectivity index (χ0) is 18.5. The molecule has 2 fully saturated rings. The van der Waals surface area contributed by atoms with Gasteiger partial charge in [0.25, 0.3) is 0 Å². The van der Waals surface area contributed by atoms with E-state index >= 15 is 0 Å². The van der Waals surface area contributed by atoms with Crippen molar-refractivity contribution in [1.82, 2.24) is 16.3 Å². The molecule has 0 amide bonds. The molecule has 2 rings (SSSR count). The third kappa shape index (κ3) is 6.92. The molecule has 0 bridgehead atoms. The van der Waals surface area contributed by atoms with E-state index < -0.39 is 11.8 Å². The molecule has 7 N–H and O–H groups in total. The van der Waals surface area contributed by atoms with Crippen molar-refractivity contribution < 1.29 is 17.6 Å².